The zero-order chi connectivity index (χ0) is 16.1. The molecule has 0 bridgehead atoms. The number of halogens is 2. The maximum Gasteiger partial charge on any atom is 0.256 e. The van der Waals surface area contributed by atoms with Crippen molar-refractivity contribution < 1.29 is 14.3 Å². The van der Waals surface area contributed by atoms with Crippen molar-refractivity contribution in [2.24, 2.45) is 0 Å². The monoisotopic (exact) mass is 321 g/mol. The molecular weight excluding hydrogens is 305 g/mol. The first-order valence-electron chi connectivity index (χ1n) is 6.96. The van der Waals surface area contributed by atoms with Crippen molar-refractivity contribution in [1.29, 1.82) is 0 Å². The van der Waals surface area contributed by atoms with E-state index in [9.17, 15) is 14.3 Å². The standard InChI is InChI=1S/C17H17ClFNO2/c1-11(15(21)10-12-6-3-2-4-7-12)20-17(22)16-13(18)8-5-9-14(16)19/h2-9,11,15,21H,10H2,1H3,(H,20,22). The Morgan fingerprint density at radius 1 is 1.23 bits per heavy atom. The average molecular weight is 322 g/mol. The molecule has 2 unspecified atom stereocenters. The molecule has 2 rings (SSSR count). The summed E-state index contributed by atoms with van der Waals surface area (Å²) in [7, 11) is 0. The van der Waals surface area contributed by atoms with Gasteiger partial charge < -0.3 is 10.4 Å². The number of nitrogens with one attached hydrogen (secondary N) is 1. The second kappa shape index (κ2) is 7.38. The van der Waals surface area contributed by atoms with Gasteiger partial charge in [0.2, 0.25) is 0 Å². The highest BCUT2D eigenvalue weighted by Crippen LogP contribution is 2.19. The lowest BCUT2D eigenvalue weighted by Crippen LogP contribution is -2.42. The summed E-state index contributed by atoms with van der Waals surface area (Å²) >= 11 is 5.85. The van der Waals surface area contributed by atoms with Crippen molar-refractivity contribution >= 4 is 17.5 Å². The summed E-state index contributed by atoms with van der Waals surface area (Å²) in [6.07, 6.45) is -0.385. The van der Waals surface area contributed by atoms with Crippen LogP contribution in [0.3, 0.4) is 0 Å². The summed E-state index contributed by atoms with van der Waals surface area (Å²) < 4.78 is 13.7. The summed E-state index contributed by atoms with van der Waals surface area (Å²) in [4.78, 5) is 12.1. The minimum atomic E-state index is -0.781. The lowest BCUT2D eigenvalue weighted by molar-refractivity contribution is 0.0848. The van der Waals surface area contributed by atoms with Crippen LogP contribution in [0.25, 0.3) is 0 Å². The van der Waals surface area contributed by atoms with Crippen LogP contribution in [-0.4, -0.2) is 23.2 Å². The number of hydrogen-bond donors (Lipinski definition) is 2. The zero-order valence-electron chi connectivity index (χ0n) is 12.1. The van der Waals surface area contributed by atoms with E-state index in [4.69, 9.17) is 11.6 Å². The van der Waals surface area contributed by atoms with Crippen LogP contribution in [0.1, 0.15) is 22.8 Å². The predicted molar refractivity (Wildman–Crippen MR) is 84.5 cm³/mol. The van der Waals surface area contributed by atoms with Gasteiger partial charge >= 0.3 is 0 Å². The van der Waals surface area contributed by atoms with Gasteiger partial charge in [0.1, 0.15) is 5.82 Å². The lowest BCUT2D eigenvalue weighted by Gasteiger charge is -2.21. The van der Waals surface area contributed by atoms with Gasteiger partial charge in [0.25, 0.3) is 5.91 Å². The number of rotatable bonds is 5. The third kappa shape index (κ3) is 4.06. The highest BCUT2D eigenvalue weighted by molar-refractivity contribution is 6.33. The fourth-order valence-corrected chi connectivity index (χ4v) is 2.37. The zero-order valence-corrected chi connectivity index (χ0v) is 12.8. The molecule has 0 aromatic heterocycles. The first-order valence-corrected chi connectivity index (χ1v) is 7.33. The molecule has 2 aromatic carbocycles. The van der Waals surface area contributed by atoms with Gasteiger partial charge in [-0.25, -0.2) is 4.39 Å². The maximum atomic E-state index is 13.7. The molecule has 2 atom stereocenters. The number of aliphatic hydroxyl groups excluding tert-OH is 1. The summed E-state index contributed by atoms with van der Waals surface area (Å²) in [6.45, 7) is 1.67. The molecule has 0 aliphatic carbocycles. The minimum absolute atomic E-state index is 0.0437. The molecule has 3 nitrogen and oxygen atoms in total. The van der Waals surface area contributed by atoms with Crippen LogP contribution < -0.4 is 5.32 Å². The third-order valence-corrected chi connectivity index (χ3v) is 3.73. The summed E-state index contributed by atoms with van der Waals surface area (Å²) in [5.74, 6) is -1.32. The van der Waals surface area contributed by atoms with Gasteiger partial charge in [0.05, 0.1) is 22.7 Å². The van der Waals surface area contributed by atoms with Gasteiger partial charge in [0.15, 0.2) is 0 Å². The predicted octanol–water partition coefficient (Wildman–Crippen LogP) is 3.20. The second-order valence-electron chi connectivity index (χ2n) is 5.12. The molecule has 0 aliphatic rings. The Morgan fingerprint density at radius 3 is 2.55 bits per heavy atom. The van der Waals surface area contributed by atoms with Gasteiger partial charge in [-0.15, -0.1) is 0 Å². The molecule has 2 aromatic rings. The van der Waals surface area contributed by atoms with Gasteiger partial charge in [-0.2, -0.15) is 0 Å². The summed E-state index contributed by atoms with van der Waals surface area (Å²) in [5, 5.41) is 12.8. The van der Waals surface area contributed by atoms with Crippen molar-refractivity contribution in [3.05, 3.63) is 70.5 Å². The molecular formula is C17H17ClFNO2. The van der Waals surface area contributed by atoms with Crippen molar-refractivity contribution in [2.45, 2.75) is 25.5 Å². The van der Waals surface area contributed by atoms with Crippen LogP contribution in [0.15, 0.2) is 48.5 Å². The first-order chi connectivity index (χ1) is 10.5. The molecule has 22 heavy (non-hydrogen) atoms. The molecule has 116 valence electrons. The van der Waals surface area contributed by atoms with E-state index in [0.29, 0.717) is 6.42 Å². The molecule has 0 saturated heterocycles. The lowest BCUT2D eigenvalue weighted by atomic mass is 10.0. The highest BCUT2D eigenvalue weighted by Gasteiger charge is 2.21. The molecule has 5 heteroatoms. The Hall–Kier alpha value is -1.91. The van der Waals surface area contributed by atoms with Crippen LogP contribution in [-0.2, 0) is 6.42 Å². The highest BCUT2D eigenvalue weighted by atomic mass is 35.5. The smallest absolute Gasteiger partial charge is 0.256 e. The van der Waals surface area contributed by atoms with E-state index in [2.05, 4.69) is 5.32 Å². The number of hydrogen-bond acceptors (Lipinski definition) is 2. The van der Waals surface area contributed by atoms with Crippen LogP contribution in [0.5, 0.6) is 0 Å². The van der Waals surface area contributed by atoms with Crippen LogP contribution >= 0.6 is 11.6 Å². The molecule has 0 saturated carbocycles. The van der Waals surface area contributed by atoms with Crippen molar-refractivity contribution in [3.8, 4) is 0 Å². The van der Waals surface area contributed by atoms with E-state index in [1.54, 1.807) is 6.92 Å². The SMILES string of the molecule is CC(NC(=O)c1c(F)cccc1Cl)C(O)Cc1ccccc1. The Bertz CT molecular complexity index is 628. The molecule has 0 radical (unpaired) electrons. The summed E-state index contributed by atoms with van der Waals surface area (Å²) in [6, 6.07) is 13.0. The minimum Gasteiger partial charge on any atom is -0.391 e. The maximum absolute atomic E-state index is 13.7. The first kappa shape index (κ1) is 16.5. The number of amides is 1. The second-order valence-corrected chi connectivity index (χ2v) is 5.52. The van der Waals surface area contributed by atoms with E-state index in [-0.39, 0.29) is 10.6 Å². The normalized spacial score (nSPS) is 13.5. The fourth-order valence-electron chi connectivity index (χ4n) is 2.12. The Labute approximate surface area is 133 Å². The van der Waals surface area contributed by atoms with E-state index < -0.39 is 23.9 Å². The van der Waals surface area contributed by atoms with E-state index in [1.807, 2.05) is 30.3 Å². The number of benzene rings is 2. The molecule has 0 spiro atoms. The van der Waals surface area contributed by atoms with Crippen molar-refractivity contribution in [2.75, 3.05) is 0 Å². The third-order valence-electron chi connectivity index (χ3n) is 3.41. The number of carbonyl (C=O) groups is 1. The van der Waals surface area contributed by atoms with E-state index in [1.165, 1.54) is 18.2 Å². The van der Waals surface area contributed by atoms with Gasteiger partial charge in [-0.3, -0.25) is 4.79 Å². The van der Waals surface area contributed by atoms with E-state index >= 15 is 0 Å². The van der Waals surface area contributed by atoms with Crippen molar-refractivity contribution in [1.82, 2.24) is 5.32 Å². The van der Waals surface area contributed by atoms with Gasteiger partial charge in [0, 0.05) is 6.42 Å². The number of carbonyl (C=O) groups excluding carboxylic acids is 1. The molecule has 0 fully saturated rings. The summed E-state index contributed by atoms with van der Waals surface area (Å²) in [5.41, 5.74) is 0.753. The number of aliphatic hydroxyl groups is 1. The van der Waals surface area contributed by atoms with Crippen molar-refractivity contribution in [3.63, 3.8) is 0 Å². The Balaban J connectivity index is 2.02. The average Bonchev–Trinajstić information content (AvgIpc) is 2.48. The molecule has 0 heterocycles. The fraction of sp³-hybridized carbons (Fsp3) is 0.235. The quantitative estimate of drug-likeness (QED) is 0.888. The molecule has 1 amide bonds. The Morgan fingerprint density at radius 2 is 1.91 bits per heavy atom. The van der Waals surface area contributed by atoms with E-state index in [0.717, 1.165) is 5.56 Å². The largest absolute Gasteiger partial charge is 0.391 e. The van der Waals surface area contributed by atoms with Crippen LogP contribution in [0.4, 0.5) is 4.39 Å². The van der Waals surface area contributed by atoms with Gasteiger partial charge in [-0.1, -0.05) is 48.0 Å². The molecule has 0 aliphatic heterocycles. The van der Waals surface area contributed by atoms with Gasteiger partial charge in [-0.05, 0) is 24.6 Å². The van der Waals surface area contributed by atoms with Crippen LogP contribution in [0, 0.1) is 5.82 Å². The Kier molecular flexibility index (Phi) is 5.52. The topological polar surface area (TPSA) is 49.3 Å². The molecule has 2 N–H and O–H groups in total. The van der Waals surface area contributed by atoms with Crippen LogP contribution in [0.2, 0.25) is 5.02 Å².